The molecule has 9 heteroatoms. The number of fused-ring (bicyclic) bond motifs is 2. The number of ether oxygens (including phenoxy) is 1. The highest BCUT2D eigenvalue weighted by Crippen LogP contribution is 2.31. The first kappa shape index (κ1) is 23.2. The molecule has 35 heavy (non-hydrogen) atoms. The summed E-state index contributed by atoms with van der Waals surface area (Å²) in [5.74, 6) is -0.175. The first-order valence-corrected chi connectivity index (χ1v) is 12.1. The van der Waals surface area contributed by atoms with Gasteiger partial charge in [-0.1, -0.05) is 60.7 Å². The average molecular weight is 479 g/mol. The van der Waals surface area contributed by atoms with Crippen molar-refractivity contribution in [3.05, 3.63) is 71.8 Å². The first-order valence-electron chi connectivity index (χ1n) is 12.1. The minimum absolute atomic E-state index is 0.0448. The number of benzene rings is 2. The fraction of sp³-hybridized carbons (Fsp3) is 0.423. The number of carbonyl (C=O) groups is 3. The molecule has 3 unspecified atom stereocenters. The van der Waals surface area contributed by atoms with Crippen LogP contribution < -0.4 is 5.32 Å². The molecule has 2 aromatic carbocycles. The second kappa shape index (κ2) is 10.4. The summed E-state index contributed by atoms with van der Waals surface area (Å²) in [5, 5.41) is 4.47. The standard InChI is InChI=1S/C26H30N4O5/c31-24(27-21-13-14-28(15-21)26(33)34-17-19-7-3-1-4-8-19)23-12-11-22-16-29(23)25(32)30(22)35-18-20-9-5-2-6-10-20/h1-10,21-23H,11-18H2,(H,27,31). The topological polar surface area (TPSA) is 91.4 Å². The largest absolute Gasteiger partial charge is 0.445 e. The molecule has 3 atom stereocenters. The smallest absolute Gasteiger partial charge is 0.410 e. The molecule has 0 aliphatic carbocycles. The van der Waals surface area contributed by atoms with Crippen molar-refractivity contribution in [2.24, 2.45) is 0 Å². The number of likely N-dealkylation sites (tertiary alicyclic amines) is 1. The molecule has 3 saturated heterocycles. The zero-order chi connectivity index (χ0) is 24.2. The molecule has 3 aliphatic rings. The Kier molecular flexibility index (Phi) is 6.85. The Labute approximate surface area is 204 Å². The Hall–Kier alpha value is -3.59. The molecule has 0 aromatic heterocycles. The van der Waals surface area contributed by atoms with E-state index in [1.54, 1.807) is 9.80 Å². The lowest BCUT2D eigenvalue weighted by Gasteiger charge is -2.30. The molecule has 5 rings (SSSR count). The summed E-state index contributed by atoms with van der Waals surface area (Å²) < 4.78 is 5.40. The van der Waals surface area contributed by atoms with E-state index >= 15 is 0 Å². The maximum atomic E-state index is 13.1. The number of piperidine rings is 1. The van der Waals surface area contributed by atoms with E-state index in [2.05, 4.69) is 5.32 Å². The molecule has 2 aromatic rings. The van der Waals surface area contributed by atoms with Gasteiger partial charge in [-0.25, -0.2) is 9.59 Å². The van der Waals surface area contributed by atoms with Crippen molar-refractivity contribution >= 4 is 18.0 Å². The third-order valence-electron chi connectivity index (χ3n) is 6.84. The number of hydrogen-bond acceptors (Lipinski definition) is 5. The van der Waals surface area contributed by atoms with Gasteiger partial charge in [0, 0.05) is 25.7 Å². The predicted molar refractivity (Wildman–Crippen MR) is 127 cm³/mol. The van der Waals surface area contributed by atoms with Crippen LogP contribution in [0.4, 0.5) is 9.59 Å². The van der Waals surface area contributed by atoms with Crippen LogP contribution in [-0.4, -0.2) is 70.7 Å². The molecule has 3 aliphatic heterocycles. The average Bonchev–Trinajstić information content (AvgIpc) is 3.45. The van der Waals surface area contributed by atoms with E-state index < -0.39 is 6.04 Å². The van der Waals surface area contributed by atoms with Crippen LogP contribution in [0.15, 0.2) is 60.7 Å². The maximum absolute atomic E-state index is 13.1. The van der Waals surface area contributed by atoms with Crippen LogP contribution in [-0.2, 0) is 27.6 Å². The van der Waals surface area contributed by atoms with Crippen LogP contribution in [0, 0.1) is 0 Å². The predicted octanol–water partition coefficient (Wildman–Crippen LogP) is 2.91. The van der Waals surface area contributed by atoms with Gasteiger partial charge in [0.15, 0.2) is 0 Å². The summed E-state index contributed by atoms with van der Waals surface area (Å²) in [6, 6.07) is 18.2. The van der Waals surface area contributed by atoms with E-state index in [0.717, 1.165) is 11.1 Å². The van der Waals surface area contributed by atoms with Crippen LogP contribution in [0.3, 0.4) is 0 Å². The van der Waals surface area contributed by atoms with Gasteiger partial charge in [0.25, 0.3) is 0 Å². The summed E-state index contributed by atoms with van der Waals surface area (Å²) in [7, 11) is 0. The number of nitrogens with zero attached hydrogens (tertiary/aromatic N) is 3. The zero-order valence-electron chi connectivity index (χ0n) is 19.5. The highest BCUT2D eigenvalue weighted by atomic mass is 16.7. The lowest BCUT2D eigenvalue weighted by atomic mass is 10.00. The molecule has 3 heterocycles. The van der Waals surface area contributed by atoms with Gasteiger partial charge in [0.2, 0.25) is 5.91 Å². The first-order chi connectivity index (χ1) is 17.1. The highest BCUT2D eigenvalue weighted by Gasteiger charge is 2.48. The Morgan fingerprint density at radius 1 is 0.886 bits per heavy atom. The van der Waals surface area contributed by atoms with Crippen LogP contribution in [0.25, 0.3) is 0 Å². The fourth-order valence-electron chi connectivity index (χ4n) is 4.94. The minimum Gasteiger partial charge on any atom is -0.445 e. The lowest BCUT2D eigenvalue weighted by molar-refractivity contribution is -0.140. The number of carbonyl (C=O) groups excluding carboxylic acids is 3. The summed E-state index contributed by atoms with van der Waals surface area (Å²) >= 11 is 0. The van der Waals surface area contributed by atoms with Gasteiger partial charge in [-0.3, -0.25) is 9.63 Å². The number of nitrogens with one attached hydrogen (secondary N) is 1. The molecule has 0 spiro atoms. The highest BCUT2D eigenvalue weighted by molar-refractivity contribution is 5.88. The van der Waals surface area contributed by atoms with Crippen molar-refractivity contribution in [1.29, 1.82) is 0 Å². The fourth-order valence-corrected chi connectivity index (χ4v) is 4.94. The Morgan fingerprint density at radius 3 is 2.29 bits per heavy atom. The van der Waals surface area contributed by atoms with Crippen molar-refractivity contribution in [2.75, 3.05) is 19.6 Å². The van der Waals surface area contributed by atoms with Crippen LogP contribution in [0.1, 0.15) is 30.4 Å². The Balaban J connectivity index is 1.10. The van der Waals surface area contributed by atoms with Gasteiger partial charge < -0.3 is 19.9 Å². The summed E-state index contributed by atoms with van der Waals surface area (Å²) in [4.78, 5) is 47.5. The quantitative estimate of drug-likeness (QED) is 0.661. The van der Waals surface area contributed by atoms with Gasteiger partial charge >= 0.3 is 12.1 Å². The molecule has 2 bridgehead atoms. The number of hydroxylamine groups is 2. The van der Waals surface area contributed by atoms with E-state index in [0.29, 0.717) is 45.5 Å². The second-order valence-electron chi connectivity index (χ2n) is 9.25. The molecule has 184 valence electrons. The number of rotatable bonds is 7. The monoisotopic (exact) mass is 478 g/mol. The maximum Gasteiger partial charge on any atom is 0.410 e. The number of amides is 4. The third kappa shape index (κ3) is 5.24. The van der Waals surface area contributed by atoms with Crippen molar-refractivity contribution < 1.29 is 24.0 Å². The summed E-state index contributed by atoms with van der Waals surface area (Å²) in [6.45, 7) is 1.93. The molecular weight excluding hydrogens is 448 g/mol. The van der Waals surface area contributed by atoms with Crippen molar-refractivity contribution in [3.63, 3.8) is 0 Å². The lowest BCUT2D eigenvalue weighted by Crippen LogP contribution is -2.52. The minimum atomic E-state index is -0.525. The van der Waals surface area contributed by atoms with Gasteiger partial charge in [0.05, 0.1) is 6.04 Å². The number of urea groups is 1. The van der Waals surface area contributed by atoms with Gasteiger partial charge in [0.1, 0.15) is 19.3 Å². The van der Waals surface area contributed by atoms with E-state index in [1.165, 1.54) is 5.06 Å². The van der Waals surface area contributed by atoms with Crippen molar-refractivity contribution in [1.82, 2.24) is 20.2 Å². The van der Waals surface area contributed by atoms with Gasteiger partial charge in [-0.05, 0) is 30.4 Å². The molecule has 3 fully saturated rings. The molecule has 9 nitrogen and oxygen atoms in total. The van der Waals surface area contributed by atoms with Crippen molar-refractivity contribution in [2.45, 2.75) is 50.6 Å². The van der Waals surface area contributed by atoms with E-state index in [1.807, 2.05) is 60.7 Å². The summed E-state index contributed by atoms with van der Waals surface area (Å²) in [5.41, 5.74) is 1.91. The molecular formula is C26H30N4O5. The number of hydrogen-bond donors (Lipinski definition) is 1. The van der Waals surface area contributed by atoms with E-state index in [4.69, 9.17) is 9.57 Å². The van der Waals surface area contributed by atoms with Crippen LogP contribution in [0.5, 0.6) is 0 Å². The molecule has 0 saturated carbocycles. The normalized spacial score (nSPS) is 23.5. The van der Waals surface area contributed by atoms with Crippen molar-refractivity contribution in [3.8, 4) is 0 Å². The zero-order valence-corrected chi connectivity index (χ0v) is 19.5. The van der Waals surface area contributed by atoms with Crippen LogP contribution >= 0.6 is 0 Å². The molecule has 4 amide bonds. The summed E-state index contributed by atoms with van der Waals surface area (Å²) in [6.07, 6.45) is 1.56. The van der Waals surface area contributed by atoms with E-state index in [-0.39, 0.29) is 36.7 Å². The second-order valence-corrected chi connectivity index (χ2v) is 9.25. The third-order valence-corrected chi connectivity index (χ3v) is 6.84. The Bertz CT molecular complexity index is 1050. The SMILES string of the molecule is O=C(NC1CCN(C(=O)OCc2ccccc2)C1)C1CCC2CN1C(=O)N2OCc1ccccc1. The van der Waals surface area contributed by atoms with Gasteiger partial charge in [-0.15, -0.1) is 0 Å². The Morgan fingerprint density at radius 2 is 1.57 bits per heavy atom. The van der Waals surface area contributed by atoms with Crippen LogP contribution in [0.2, 0.25) is 0 Å². The molecule has 1 N–H and O–H groups in total. The molecule has 0 radical (unpaired) electrons. The van der Waals surface area contributed by atoms with E-state index in [9.17, 15) is 14.4 Å². The van der Waals surface area contributed by atoms with Gasteiger partial charge in [-0.2, -0.15) is 5.06 Å².